The van der Waals surface area contributed by atoms with Gasteiger partial charge < -0.3 is 5.32 Å². The third-order valence-corrected chi connectivity index (χ3v) is 6.38. The lowest BCUT2D eigenvalue weighted by Crippen LogP contribution is -2.44. The van der Waals surface area contributed by atoms with Gasteiger partial charge in [0.2, 0.25) is 5.91 Å². The van der Waals surface area contributed by atoms with E-state index in [9.17, 15) is 13.2 Å². The van der Waals surface area contributed by atoms with Crippen molar-refractivity contribution in [2.45, 2.75) is 39.0 Å². The standard InChI is InChI=1S/C15H28N2O3S/c1-13(12-14-4-2-3-5-14)15(18)16-6-7-17-8-10-21(19,20)11-9-17/h13-14H,2-12H2,1H3,(H,16,18). The molecule has 21 heavy (non-hydrogen) atoms. The van der Waals surface area contributed by atoms with E-state index in [1.807, 2.05) is 6.92 Å². The van der Waals surface area contributed by atoms with Crippen LogP contribution in [0, 0.1) is 11.8 Å². The first-order valence-corrected chi connectivity index (χ1v) is 9.99. The van der Waals surface area contributed by atoms with E-state index < -0.39 is 9.84 Å². The largest absolute Gasteiger partial charge is 0.355 e. The molecule has 0 radical (unpaired) electrons. The highest BCUT2D eigenvalue weighted by Crippen LogP contribution is 2.30. The van der Waals surface area contributed by atoms with Crippen LogP contribution in [0.3, 0.4) is 0 Å². The Hall–Kier alpha value is -0.620. The van der Waals surface area contributed by atoms with E-state index in [0.29, 0.717) is 19.6 Å². The molecular weight excluding hydrogens is 288 g/mol. The van der Waals surface area contributed by atoms with Crippen LogP contribution in [0.1, 0.15) is 39.0 Å². The van der Waals surface area contributed by atoms with Gasteiger partial charge in [-0.1, -0.05) is 32.6 Å². The second-order valence-electron chi connectivity index (χ2n) is 6.57. The Kier molecular flexibility index (Phi) is 6.05. The van der Waals surface area contributed by atoms with Crippen molar-refractivity contribution in [3.63, 3.8) is 0 Å². The van der Waals surface area contributed by atoms with Crippen molar-refractivity contribution in [3.05, 3.63) is 0 Å². The quantitative estimate of drug-likeness (QED) is 0.795. The van der Waals surface area contributed by atoms with Gasteiger partial charge in [0.05, 0.1) is 11.5 Å². The maximum atomic E-state index is 12.1. The summed E-state index contributed by atoms with van der Waals surface area (Å²) in [5.74, 6) is 1.47. The second kappa shape index (κ2) is 7.58. The van der Waals surface area contributed by atoms with Crippen molar-refractivity contribution in [2.24, 2.45) is 11.8 Å². The summed E-state index contributed by atoms with van der Waals surface area (Å²) in [6, 6.07) is 0. The molecule has 6 heteroatoms. The zero-order chi connectivity index (χ0) is 15.3. The van der Waals surface area contributed by atoms with E-state index >= 15 is 0 Å². The minimum absolute atomic E-state index is 0.0924. The Morgan fingerprint density at radius 2 is 1.86 bits per heavy atom. The molecule has 122 valence electrons. The Labute approximate surface area is 128 Å². The molecule has 1 aliphatic heterocycles. The molecule has 1 saturated heterocycles. The monoisotopic (exact) mass is 316 g/mol. The highest BCUT2D eigenvalue weighted by Gasteiger charge is 2.23. The number of carbonyl (C=O) groups is 1. The molecule has 1 unspecified atom stereocenters. The lowest BCUT2D eigenvalue weighted by molar-refractivity contribution is -0.125. The molecule has 1 atom stereocenters. The molecule has 0 spiro atoms. The summed E-state index contributed by atoms with van der Waals surface area (Å²) < 4.78 is 22.7. The molecule has 2 rings (SSSR count). The molecule has 2 aliphatic rings. The molecule has 0 aromatic rings. The van der Waals surface area contributed by atoms with Crippen LogP contribution < -0.4 is 5.32 Å². The summed E-state index contributed by atoms with van der Waals surface area (Å²) in [7, 11) is -2.81. The highest BCUT2D eigenvalue weighted by molar-refractivity contribution is 7.91. The third kappa shape index (κ3) is 5.58. The van der Waals surface area contributed by atoms with Gasteiger partial charge in [0.25, 0.3) is 0 Å². The van der Waals surface area contributed by atoms with Gasteiger partial charge in [0.15, 0.2) is 9.84 Å². The molecule has 5 nitrogen and oxygen atoms in total. The van der Waals surface area contributed by atoms with Crippen LogP contribution in [-0.4, -0.2) is 56.9 Å². The predicted molar refractivity (Wildman–Crippen MR) is 83.8 cm³/mol. The summed E-state index contributed by atoms with van der Waals surface area (Å²) in [4.78, 5) is 14.2. The van der Waals surface area contributed by atoms with Crippen LogP contribution in [0.4, 0.5) is 0 Å². The number of hydrogen-bond donors (Lipinski definition) is 1. The number of nitrogens with zero attached hydrogens (tertiary/aromatic N) is 1. The van der Waals surface area contributed by atoms with Gasteiger partial charge in [-0.15, -0.1) is 0 Å². The van der Waals surface area contributed by atoms with Gasteiger partial charge in [-0.3, -0.25) is 9.69 Å². The Morgan fingerprint density at radius 3 is 2.48 bits per heavy atom. The first kappa shape index (κ1) is 16.7. The first-order chi connectivity index (χ1) is 9.96. The lowest BCUT2D eigenvalue weighted by atomic mass is 9.94. The Morgan fingerprint density at radius 1 is 1.24 bits per heavy atom. The Bertz CT molecular complexity index is 430. The molecule has 1 saturated carbocycles. The molecule has 0 aromatic carbocycles. The fourth-order valence-electron chi connectivity index (χ4n) is 3.34. The van der Waals surface area contributed by atoms with Crippen LogP contribution in [0.5, 0.6) is 0 Å². The first-order valence-electron chi connectivity index (χ1n) is 8.17. The van der Waals surface area contributed by atoms with Crippen molar-refractivity contribution >= 4 is 15.7 Å². The number of carbonyl (C=O) groups excluding carboxylic acids is 1. The van der Waals surface area contributed by atoms with E-state index in [1.165, 1.54) is 25.7 Å². The minimum atomic E-state index is -2.81. The predicted octanol–water partition coefficient (Wildman–Crippen LogP) is 1.05. The number of nitrogens with one attached hydrogen (secondary N) is 1. The number of sulfone groups is 1. The fraction of sp³-hybridized carbons (Fsp3) is 0.933. The third-order valence-electron chi connectivity index (χ3n) is 4.77. The minimum Gasteiger partial charge on any atom is -0.355 e. The van der Waals surface area contributed by atoms with Gasteiger partial charge >= 0.3 is 0 Å². The second-order valence-corrected chi connectivity index (χ2v) is 8.88. The van der Waals surface area contributed by atoms with Crippen molar-refractivity contribution in [1.82, 2.24) is 10.2 Å². The summed E-state index contributed by atoms with van der Waals surface area (Å²) >= 11 is 0. The van der Waals surface area contributed by atoms with E-state index in [1.54, 1.807) is 0 Å². The van der Waals surface area contributed by atoms with E-state index in [2.05, 4.69) is 10.2 Å². The molecule has 2 fully saturated rings. The molecule has 0 aromatic heterocycles. The van der Waals surface area contributed by atoms with Crippen molar-refractivity contribution in [2.75, 3.05) is 37.7 Å². The van der Waals surface area contributed by atoms with Gasteiger partial charge in [0.1, 0.15) is 0 Å². The summed E-state index contributed by atoms with van der Waals surface area (Å²) in [6.45, 7) is 4.57. The molecule has 0 bridgehead atoms. The maximum Gasteiger partial charge on any atom is 0.222 e. The van der Waals surface area contributed by atoms with Crippen LogP contribution in [-0.2, 0) is 14.6 Å². The Balaban J connectivity index is 1.60. The SMILES string of the molecule is CC(CC1CCCC1)C(=O)NCCN1CCS(=O)(=O)CC1. The van der Waals surface area contributed by atoms with Gasteiger partial charge in [-0.25, -0.2) is 8.42 Å². The van der Waals surface area contributed by atoms with Gasteiger partial charge in [0, 0.05) is 32.1 Å². The average molecular weight is 316 g/mol. The summed E-state index contributed by atoms with van der Waals surface area (Å²) in [5.41, 5.74) is 0. The molecule has 1 amide bonds. The lowest BCUT2D eigenvalue weighted by Gasteiger charge is -2.26. The smallest absolute Gasteiger partial charge is 0.222 e. The number of amides is 1. The van der Waals surface area contributed by atoms with E-state index in [0.717, 1.165) is 18.9 Å². The zero-order valence-electron chi connectivity index (χ0n) is 13.0. The summed E-state index contributed by atoms with van der Waals surface area (Å²) in [5, 5.41) is 2.99. The van der Waals surface area contributed by atoms with Crippen molar-refractivity contribution in [1.29, 1.82) is 0 Å². The van der Waals surface area contributed by atoms with Crippen molar-refractivity contribution < 1.29 is 13.2 Å². The van der Waals surface area contributed by atoms with Crippen LogP contribution in [0.15, 0.2) is 0 Å². The topological polar surface area (TPSA) is 66.5 Å². The van der Waals surface area contributed by atoms with Crippen molar-refractivity contribution in [3.8, 4) is 0 Å². The number of rotatable bonds is 6. The molecule has 1 aliphatic carbocycles. The zero-order valence-corrected chi connectivity index (χ0v) is 13.8. The van der Waals surface area contributed by atoms with Gasteiger partial charge in [-0.05, 0) is 12.3 Å². The van der Waals surface area contributed by atoms with Gasteiger partial charge in [-0.2, -0.15) is 0 Å². The van der Waals surface area contributed by atoms with Crippen LogP contribution in [0.25, 0.3) is 0 Å². The summed E-state index contributed by atoms with van der Waals surface area (Å²) in [6.07, 6.45) is 6.20. The average Bonchev–Trinajstić information content (AvgIpc) is 2.93. The normalized spacial score (nSPS) is 24.8. The highest BCUT2D eigenvalue weighted by atomic mass is 32.2. The fourth-order valence-corrected chi connectivity index (χ4v) is 4.62. The molecule has 1 heterocycles. The maximum absolute atomic E-state index is 12.1. The van der Waals surface area contributed by atoms with Crippen LogP contribution in [0.2, 0.25) is 0 Å². The van der Waals surface area contributed by atoms with Crippen LogP contribution >= 0.6 is 0 Å². The molecule has 1 N–H and O–H groups in total. The molecular formula is C15H28N2O3S. The van der Waals surface area contributed by atoms with E-state index in [-0.39, 0.29) is 23.3 Å². The van der Waals surface area contributed by atoms with E-state index in [4.69, 9.17) is 0 Å². The number of hydrogen-bond acceptors (Lipinski definition) is 4.